The zero-order valence-electron chi connectivity index (χ0n) is 11.2. The van der Waals surface area contributed by atoms with Crippen molar-refractivity contribution in [3.63, 3.8) is 0 Å². The number of methoxy groups -OCH3 is 1. The second-order valence-corrected chi connectivity index (χ2v) is 4.35. The van der Waals surface area contributed by atoms with Crippen molar-refractivity contribution in [2.45, 2.75) is 6.04 Å². The Balaban J connectivity index is 2.74. The molecule has 0 bridgehead atoms. The van der Waals surface area contributed by atoms with Crippen molar-refractivity contribution in [1.82, 2.24) is 4.90 Å². The molecule has 0 radical (unpaired) electrons. The maximum Gasteiger partial charge on any atom is 0.161 e. The lowest BCUT2D eigenvalue weighted by Crippen LogP contribution is -2.19. The summed E-state index contributed by atoms with van der Waals surface area (Å²) in [7, 11) is 5.57. The molecule has 0 heterocycles. The van der Waals surface area contributed by atoms with Gasteiger partial charge in [-0.05, 0) is 31.8 Å². The number of rotatable bonds is 7. The van der Waals surface area contributed by atoms with E-state index in [2.05, 4.69) is 0 Å². The molecule has 0 aromatic heterocycles. The fraction of sp³-hybridized carbons (Fsp3) is 0.538. The van der Waals surface area contributed by atoms with E-state index in [4.69, 9.17) is 20.3 Å². The smallest absolute Gasteiger partial charge is 0.161 e. The first-order valence-electron chi connectivity index (χ1n) is 5.90. The molecule has 0 spiro atoms. The molecule has 18 heavy (non-hydrogen) atoms. The van der Waals surface area contributed by atoms with E-state index in [-0.39, 0.29) is 6.61 Å². The van der Waals surface area contributed by atoms with Crippen LogP contribution in [-0.4, -0.2) is 51.0 Å². The molecule has 3 N–H and O–H groups in total. The number of aliphatic hydroxyl groups is 1. The lowest BCUT2D eigenvalue weighted by Gasteiger charge is -2.15. The number of nitrogens with two attached hydrogens (primary N) is 1. The van der Waals surface area contributed by atoms with Crippen LogP contribution < -0.4 is 15.2 Å². The molecule has 0 unspecified atom stereocenters. The molecule has 0 aliphatic heterocycles. The molecule has 5 nitrogen and oxygen atoms in total. The second kappa shape index (κ2) is 7.20. The van der Waals surface area contributed by atoms with Crippen LogP contribution >= 0.6 is 0 Å². The third-order valence-electron chi connectivity index (χ3n) is 2.61. The summed E-state index contributed by atoms with van der Waals surface area (Å²) in [5.74, 6) is 1.32. The number of benzene rings is 1. The SMILES string of the molecule is COc1cc([C@H](N)CO)ccc1OCCN(C)C. The molecule has 1 atom stereocenters. The average molecular weight is 254 g/mol. The Kier molecular flexibility index (Phi) is 5.91. The Morgan fingerprint density at radius 3 is 2.61 bits per heavy atom. The Hall–Kier alpha value is -1.30. The first kappa shape index (κ1) is 14.8. The fourth-order valence-corrected chi connectivity index (χ4v) is 1.48. The highest BCUT2D eigenvalue weighted by Gasteiger charge is 2.10. The Morgan fingerprint density at radius 2 is 2.06 bits per heavy atom. The molecule has 0 aliphatic rings. The Labute approximate surface area is 108 Å². The standard InChI is InChI=1S/C13H22N2O3/c1-15(2)6-7-18-12-5-4-10(11(14)9-16)8-13(12)17-3/h4-5,8,11,16H,6-7,9,14H2,1-3H3/t11-/m1/s1. The zero-order chi connectivity index (χ0) is 13.5. The summed E-state index contributed by atoms with van der Waals surface area (Å²) >= 11 is 0. The van der Waals surface area contributed by atoms with E-state index in [1.165, 1.54) is 0 Å². The van der Waals surface area contributed by atoms with Crippen LogP contribution in [0, 0.1) is 0 Å². The monoisotopic (exact) mass is 254 g/mol. The minimum Gasteiger partial charge on any atom is -0.493 e. The van der Waals surface area contributed by atoms with Crippen molar-refractivity contribution < 1.29 is 14.6 Å². The summed E-state index contributed by atoms with van der Waals surface area (Å²) in [5, 5.41) is 9.02. The maximum atomic E-state index is 9.02. The molecule has 1 rings (SSSR count). The third-order valence-corrected chi connectivity index (χ3v) is 2.61. The number of likely N-dealkylation sites (N-methyl/N-ethyl adjacent to an activating group) is 1. The van der Waals surface area contributed by atoms with E-state index in [9.17, 15) is 0 Å². The lowest BCUT2D eigenvalue weighted by atomic mass is 10.1. The van der Waals surface area contributed by atoms with E-state index < -0.39 is 6.04 Å². The summed E-state index contributed by atoms with van der Waals surface area (Å²) in [6, 6.07) is 5.06. The highest BCUT2D eigenvalue weighted by molar-refractivity contribution is 5.43. The van der Waals surface area contributed by atoms with Crippen molar-refractivity contribution in [3.05, 3.63) is 23.8 Å². The van der Waals surface area contributed by atoms with E-state index >= 15 is 0 Å². The zero-order valence-corrected chi connectivity index (χ0v) is 11.2. The molecule has 0 saturated carbocycles. The molecular formula is C13H22N2O3. The van der Waals surface area contributed by atoms with Gasteiger partial charge in [-0.1, -0.05) is 6.07 Å². The molecule has 0 fully saturated rings. The number of nitrogens with zero attached hydrogens (tertiary/aromatic N) is 1. The summed E-state index contributed by atoms with van der Waals surface area (Å²) in [6.07, 6.45) is 0. The van der Waals surface area contributed by atoms with Gasteiger partial charge >= 0.3 is 0 Å². The maximum absolute atomic E-state index is 9.02. The average Bonchev–Trinajstić information content (AvgIpc) is 2.37. The summed E-state index contributed by atoms with van der Waals surface area (Å²) in [5.41, 5.74) is 6.58. The number of aliphatic hydroxyl groups excluding tert-OH is 1. The molecule has 0 saturated heterocycles. The van der Waals surface area contributed by atoms with Crippen LogP contribution in [0.4, 0.5) is 0 Å². The van der Waals surface area contributed by atoms with E-state index in [1.54, 1.807) is 13.2 Å². The Bertz CT molecular complexity index is 369. The first-order chi connectivity index (χ1) is 8.58. The third kappa shape index (κ3) is 4.18. The number of hydrogen-bond donors (Lipinski definition) is 2. The quantitative estimate of drug-likeness (QED) is 0.747. The van der Waals surface area contributed by atoms with Crippen LogP contribution in [0.1, 0.15) is 11.6 Å². The molecule has 102 valence electrons. The summed E-state index contributed by atoms with van der Waals surface area (Å²) < 4.78 is 10.9. The molecule has 0 aliphatic carbocycles. The topological polar surface area (TPSA) is 68.0 Å². The van der Waals surface area contributed by atoms with Gasteiger partial charge < -0.3 is 25.2 Å². The number of ether oxygens (including phenoxy) is 2. The van der Waals surface area contributed by atoms with Crippen LogP contribution in [0.3, 0.4) is 0 Å². The van der Waals surface area contributed by atoms with Crippen molar-refractivity contribution in [2.24, 2.45) is 5.73 Å². The molecular weight excluding hydrogens is 232 g/mol. The van der Waals surface area contributed by atoms with Crippen LogP contribution in [0.25, 0.3) is 0 Å². The van der Waals surface area contributed by atoms with Crippen molar-refractivity contribution in [2.75, 3.05) is 41.0 Å². The molecule has 1 aromatic rings. The summed E-state index contributed by atoms with van der Waals surface area (Å²) in [6.45, 7) is 1.33. The van der Waals surface area contributed by atoms with Gasteiger partial charge in [-0.2, -0.15) is 0 Å². The highest BCUT2D eigenvalue weighted by atomic mass is 16.5. The minimum atomic E-state index is -0.394. The molecule has 5 heteroatoms. The van der Waals surface area contributed by atoms with E-state index in [1.807, 2.05) is 31.1 Å². The first-order valence-corrected chi connectivity index (χ1v) is 5.90. The van der Waals surface area contributed by atoms with Crippen molar-refractivity contribution >= 4 is 0 Å². The van der Waals surface area contributed by atoms with Crippen LogP contribution in [0.5, 0.6) is 11.5 Å². The van der Waals surface area contributed by atoms with E-state index in [0.717, 1.165) is 12.1 Å². The Morgan fingerprint density at radius 1 is 1.33 bits per heavy atom. The predicted octanol–water partition coefficient (Wildman–Crippen LogP) is 0.628. The molecule has 0 amide bonds. The van der Waals surface area contributed by atoms with Gasteiger partial charge in [-0.15, -0.1) is 0 Å². The van der Waals surface area contributed by atoms with E-state index in [0.29, 0.717) is 18.1 Å². The van der Waals surface area contributed by atoms with Gasteiger partial charge in [-0.25, -0.2) is 0 Å². The normalized spacial score (nSPS) is 12.6. The predicted molar refractivity (Wildman–Crippen MR) is 71.1 cm³/mol. The summed E-state index contributed by atoms with van der Waals surface area (Å²) in [4.78, 5) is 2.04. The van der Waals surface area contributed by atoms with Gasteiger partial charge in [0.1, 0.15) is 6.61 Å². The van der Waals surface area contributed by atoms with Gasteiger partial charge in [0.15, 0.2) is 11.5 Å². The lowest BCUT2D eigenvalue weighted by molar-refractivity contribution is 0.249. The van der Waals surface area contributed by atoms with Crippen molar-refractivity contribution in [3.8, 4) is 11.5 Å². The fourth-order valence-electron chi connectivity index (χ4n) is 1.48. The highest BCUT2D eigenvalue weighted by Crippen LogP contribution is 2.29. The van der Waals surface area contributed by atoms with Gasteiger partial charge in [0.2, 0.25) is 0 Å². The second-order valence-electron chi connectivity index (χ2n) is 4.35. The number of hydrogen-bond acceptors (Lipinski definition) is 5. The largest absolute Gasteiger partial charge is 0.493 e. The van der Waals surface area contributed by atoms with Crippen molar-refractivity contribution in [1.29, 1.82) is 0 Å². The van der Waals surface area contributed by atoms with Gasteiger partial charge in [0.05, 0.1) is 19.8 Å². The van der Waals surface area contributed by atoms with Gasteiger partial charge in [0.25, 0.3) is 0 Å². The van der Waals surface area contributed by atoms with Crippen LogP contribution in [0.2, 0.25) is 0 Å². The molecule has 1 aromatic carbocycles. The van der Waals surface area contributed by atoms with Crippen LogP contribution in [0.15, 0.2) is 18.2 Å². The minimum absolute atomic E-state index is 0.0933. The van der Waals surface area contributed by atoms with Gasteiger partial charge in [-0.3, -0.25) is 0 Å². The van der Waals surface area contributed by atoms with Crippen LogP contribution in [-0.2, 0) is 0 Å². The van der Waals surface area contributed by atoms with Gasteiger partial charge in [0, 0.05) is 6.54 Å².